The number of anilines is 1. The number of amides is 1. The third-order valence-electron chi connectivity index (χ3n) is 4.30. The largest absolute Gasteiger partial charge is 0.493 e. The van der Waals surface area contributed by atoms with Crippen molar-refractivity contribution in [1.82, 2.24) is 4.31 Å². The fraction of sp³-hybridized carbons (Fsp3) is 0.286. The van der Waals surface area contributed by atoms with E-state index in [0.717, 1.165) is 0 Å². The SMILES string of the molecule is CCN(CC)S(=O)(=O)c1ccc(/C=C/C(=O)Nc2ccc(OC)c(OC)c2)cc1. The molecule has 0 aliphatic carbocycles. The minimum absolute atomic E-state index is 0.230. The topological polar surface area (TPSA) is 84.9 Å². The summed E-state index contributed by atoms with van der Waals surface area (Å²) in [7, 11) is -0.434. The number of benzene rings is 2. The molecule has 0 aliphatic heterocycles. The van der Waals surface area contributed by atoms with E-state index in [1.807, 2.05) is 0 Å². The van der Waals surface area contributed by atoms with Crippen LogP contribution >= 0.6 is 0 Å². The van der Waals surface area contributed by atoms with E-state index in [0.29, 0.717) is 35.8 Å². The number of rotatable bonds is 9. The van der Waals surface area contributed by atoms with E-state index in [4.69, 9.17) is 9.47 Å². The minimum atomic E-state index is -3.49. The van der Waals surface area contributed by atoms with Gasteiger partial charge in [0.1, 0.15) is 0 Å². The van der Waals surface area contributed by atoms with Crippen LogP contribution in [-0.4, -0.2) is 45.9 Å². The lowest BCUT2D eigenvalue weighted by atomic mass is 10.2. The monoisotopic (exact) mass is 418 g/mol. The summed E-state index contributed by atoms with van der Waals surface area (Å²) < 4.78 is 36.8. The summed E-state index contributed by atoms with van der Waals surface area (Å²) >= 11 is 0. The molecule has 0 aromatic heterocycles. The lowest BCUT2D eigenvalue weighted by Gasteiger charge is -2.18. The first-order valence-electron chi connectivity index (χ1n) is 9.17. The summed E-state index contributed by atoms with van der Waals surface area (Å²) in [6.45, 7) is 4.43. The summed E-state index contributed by atoms with van der Waals surface area (Å²) in [4.78, 5) is 12.4. The Morgan fingerprint density at radius 2 is 1.62 bits per heavy atom. The van der Waals surface area contributed by atoms with E-state index in [9.17, 15) is 13.2 Å². The molecule has 1 amide bonds. The highest BCUT2D eigenvalue weighted by Gasteiger charge is 2.20. The van der Waals surface area contributed by atoms with Crippen LogP contribution in [0.2, 0.25) is 0 Å². The van der Waals surface area contributed by atoms with Crippen LogP contribution in [-0.2, 0) is 14.8 Å². The van der Waals surface area contributed by atoms with Crippen molar-refractivity contribution in [3.8, 4) is 11.5 Å². The van der Waals surface area contributed by atoms with Gasteiger partial charge in [-0.05, 0) is 35.9 Å². The third-order valence-corrected chi connectivity index (χ3v) is 6.37. The van der Waals surface area contributed by atoms with Crippen molar-refractivity contribution in [1.29, 1.82) is 0 Å². The first-order valence-corrected chi connectivity index (χ1v) is 10.6. The van der Waals surface area contributed by atoms with Gasteiger partial charge in [-0.3, -0.25) is 4.79 Å². The van der Waals surface area contributed by atoms with Gasteiger partial charge in [-0.1, -0.05) is 26.0 Å². The molecular weight excluding hydrogens is 392 g/mol. The van der Waals surface area contributed by atoms with Crippen LogP contribution in [0.4, 0.5) is 5.69 Å². The predicted molar refractivity (Wildman–Crippen MR) is 114 cm³/mol. The molecule has 2 rings (SSSR count). The number of carbonyl (C=O) groups is 1. The van der Waals surface area contributed by atoms with Crippen LogP contribution in [0, 0.1) is 0 Å². The van der Waals surface area contributed by atoms with Crippen molar-refractivity contribution < 1.29 is 22.7 Å². The number of methoxy groups -OCH3 is 2. The van der Waals surface area contributed by atoms with Crippen molar-refractivity contribution in [2.75, 3.05) is 32.6 Å². The van der Waals surface area contributed by atoms with Crippen LogP contribution in [0.15, 0.2) is 53.4 Å². The van der Waals surface area contributed by atoms with Crippen molar-refractivity contribution >= 4 is 27.7 Å². The highest BCUT2D eigenvalue weighted by molar-refractivity contribution is 7.89. The number of hydrogen-bond acceptors (Lipinski definition) is 5. The molecular formula is C21H26N2O5S. The molecule has 0 aliphatic rings. The van der Waals surface area contributed by atoms with Gasteiger partial charge >= 0.3 is 0 Å². The lowest BCUT2D eigenvalue weighted by molar-refractivity contribution is -0.111. The van der Waals surface area contributed by atoms with Crippen LogP contribution < -0.4 is 14.8 Å². The summed E-state index contributed by atoms with van der Waals surface area (Å²) in [6, 6.07) is 11.5. The normalized spacial score (nSPS) is 11.6. The zero-order valence-electron chi connectivity index (χ0n) is 17.0. The molecule has 0 saturated carbocycles. The molecule has 0 radical (unpaired) electrons. The van der Waals surface area contributed by atoms with Crippen LogP contribution in [0.3, 0.4) is 0 Å². The Morgan fingerprint density at radius 3 is 2.17 bits per heavy atom. The molecule has 8 heteroatoms. The van der Waals surface area contributed by atoms with E-state index < -0.39 is 10.0 Å². The zero-order chi connectivity index (χ0) is 21.4. The van der Waals surface area contributed by atoms with E-state index in [-0.39, 0.29) is 10.8 Å². The van der Waals surface area contributed by atoms with Gasteiger partial charge in [0.15, 0.2) is 11.5 Å². The average Bonchev–Trinajstić information content (AvgIpc) is 2.73. The number of ether oxygens (including phenoxy) is 2. The highest BCUT2D eigenvalue weighted by Crippen LogP contribution is 2.29. The van der Waals surface area contributed by atoms with Crippen LogP contribution in [0.1, 0.15) is 19.4 Å². The smallest absolute Gasteiger partial charge is 0.248 e. The van der Waals surface area contributed by atoms with Gasteiger partial charge in [0.2, 0.25) is 15.9 Å². The summed E-state index contributed by atoms with van der Waals surface area (Å²) in [6.07, 6.45) is 2.99. The van der Waals surface area contributed by atoms with Gasteiger partial charge in [0.05, 0.1) is 19.1 Å². The summed E-state index contributed by atoms with van der Waals surface area (Å²) in [5.74, 6) is 0.761. The molecule has 1 N–H and O–H groups in total. The fourth-order valence-corrected chi connectivity index (χ4v) is 4.19. The van der Waals surface area contributed by atoms with Crippen LogP contribution in [0.25, 0.3) is 6.08 Å². The zero-order valence-corrected chi connectivity index (χ0v) is 17.8. The van der Waals surface area contributed by atoms with Crippen molar-refractivity contribution in [2.45, 2.75) is 18.7 Å². The molecule has 0 saturated heterocycles. The van der Waals surface area contributed by atoms with Gasteiger partial charge in [0.25, 0.3) is 0 Å². The Kier molecular flexibility index (Phi) is 7.81. The molecule has 0 unspecified atom stereocenters. The Hall–Kier alpha value is -2.84. The van der Waals surface area contributed by atoms with Gasteiger partial charge < -0.3 is 14.8 Å². The first kappa shape index (κ1) is 22.4. The summed E-state index contributed by atoms with van der Waals surface area (Å²) in [5.41, 5.74) is 1.28. The molecule has 2 aromatic rings. The van der Waals surface area contributed by atoms with Gasteiger partial charge in [-0.15, -0.1) is 0 Å². The van der Waals surface area contributed by atoms with Crippen LogP contribution in [0.5, 0.6) is 11.5 Å². The van der Waals surface area contributed by atoms with E-state index in [1.54, 1.807) is 62.4 Å². The Bertz CT molecular complexity index is 965. The molecule has 156 valence electrons. The van der Waals surface area contributed by atoms with Gasteiger partial charge in [0, 0.05) is 30.9 Å². The van der Waals surface area contributed by atoms with Gasteiger partial charge in [-0.25, -0.2) is 8.42 Å². The number of sulfonamides is 1. The second kappa shape index (κ2) is 10.1. The quantitative estimate of drug-likeness (QED) is 0.631. The van der Waals surface area contributed by atoms with Crippen molar-refractivity contribution in [3.05, 3.63) is 54.1 Å². The average molecular weight is 419 g/mol. The third kappa shape index (κ3) is 5.58. The van der Waals surface area contributed by atoms with Gasteiger partial charge in [-0.2, -0.15) is 4.31 Å². The maximum atomic E-state index is 12.5. The second-order valence-corrected chi connectivity index (χ2v) is 7.99. The predicted octanol–water partition coefficient (Wildman–Crippen LogP) is 3.39. The second-order valence-electron chi connectivity index (χ2n) is 6.05. The molecule has 0 bridgehead atoms. The minimum Gasteiger partial charge on any atom is -0.493 e. The number of carbonyl (C=O) groups excluding carboxylic acids is 1. The fourth-order valence-electron chi connectivity index (χ4n) is 2.73. The molecule has 0 heterocycles. The number of nitrogens with zero attached hydrogens (tertiary/aromatic N) is 1. The Labute approximate surface area is 172 Å². The highest BCUT2D eigenvalue weighted by atomic mass is 32.2. The summed E-state index contributed by atoms with van der Waals surface area (Å²) in [5, 5.41) is 2.74. The Balaban J connectivity index is 2.07. The first-order chi connectivity index (χ1) is 13.8. The van der Waals surface area contributed by atoms with Crippen molar-refractivity contribution in [3.63, 3.8) is 0 Å². The van der Waals surface area contributed by atoms with E-state index >= 15 is 0 Å². The lowest BCUT2D eigenvalue weighted by Crippen LogP contribution is -2.30. The Morgan fingerprint density at radius 1 is 1.00 bits per heavy atom. The number of nitrogens with one attached hydrogen (secondary N) is 1. The van der Waals surface area contributed by atoms with Crippen molar-refractivity contribution in [2.24, 2.45) is 0 Å². The molecule has 29 heavy (non-hydrogen) atoms. The van der Waals surface area contributed by atoms with E-state index in [2.05, 4.69) is 5.32 Å². The maximum absolute atomic E-state index is 12.5. The molecule has 7 nitrogen and oxygen atoms in total. The molecule has 0 atom stereocenters. The number of hydrogen-bond donors (Lipinski definition) is 1. The van der Waals surface area contributed by atoms with E-state index in [1.165, 1.54) is 24.6 Å². The molecule has 0 fully saturated rings. The molecule has 2 aromatic carbocycles. The standard InChI is InChI=1S/C21H26N2O5S/c1-5-23(6-2)29(25,26)18-11-7-16(8-12-18)9-14-21(24)22-17-10-13-19(27-3)20(15-17)28-4/h7-15H,5-6H2,1-4H3,(H,22,24)/b14-9+. The maximum Gasteiger partial charge on any atom is 0.248 e. The molecule has 0 spiro atoms.